The first-order valence-electron chi connectivity index (χ1n) is 6.19. The third-order valence-corrected chi connectivity index (χ3v) is 4.23. The molecular formula is C14H16ClN3. The van der Waals surface area contributed by atoms with Crippen LogP contribution in [0.1, 0.15) is 25.3 Å². The van der Waals surface area contributed by atoms with Crippen molar-refractivity contribution in [3.05, 3.63) is 47.2 Å². The van der Waals surface area contributed by atoms with E-state index < -0.39 is 0 Å². The Morgan fingerprint density at radius 3 is 2.39 bits per heavy atom. The normalized spacial score (nSPS) is 18.6. The second-order valence-corrected chi connectivity index (χ2v) is 5.44. The summed E-state index contributed by atoms with van der Waals surface area (Å²) < 4.78 is 1.72. The maximum Gasteiger partial charge on any atom is 0.132 e. The van der Waals surface area contributed by atoms with Gasteiger partial charge < -0.3 is 5.73 Å². The van der Waals surface area contributed by atoms with Crippen molar-refractivity contribution in [3.8, 4) is 5.69 Å². The highest BCUT2D eigenvalue weighted by Crippen LogP contribution is 2.50. The van der Waals surface area contributed by atoms with E-state index in [-0.39, 0.29) is 11.5 Å². The van der Waals surface area contributed by atoms with Gasteiger partial charge in [-0.05, 0) is 43.5 Å². The first-order chi connectivity index (χ1) is 8.63. The summed E-state index contributed by atoms with van der Waals surface area (Å²) in [5.74, 6) is 0. The molecule has 0 bridgehead atoms. The summed E-state index contributed by atoms with van der Waals surface area (Å²) in [4.78, 5) is 0. The van der Waals surface area contributed by atoms with Crippen LogP contribution in [0.25, 0.3) is 5.69 Å². The van der Waals surface area contributed by atoms with Gasteiger partial charge in [0.25, 0.3) is 0 Å². The van der Waals surface area contributed by atoms with Crippen LogP contribution in [0, 0.1) is 0 Å². The number of benzene rings is 1. The molecule has 1 saturated carbocycles. The molecule has 4 heteroatoms. The van der Waals surface area contributed by atoms with E-state index in [1.807, 2.05) is 0 Å². The molecule has 1 fully saturated rings. The van der Waals surface area contributed by atoms with Crippen molar-refractivity contribution in [1.82, 2.24) is 9.78 Å². The standard InChI is InChI=1S/C14H16ClN3/c1-10(16)14(7-8-14)11-2-4-12(5-3-11)18-13(15)6-9-17-18/h2-6,9-10H,7-8,16H2,1H3. The van der Waals surface area contributed by atoms with Gasteiger partial charge in [-0.25, -0.2) is 4.68 Å². The number of aromatic nitrogens is 2. The molecule has 3 nitrogen and oxygen atoms in total. The molecule has 94 valence electrons. The quantitative estimate of drug-likeness (QED) is 0.923. The van der Waals surface area contributed by atoms with E-state index in [1.54, 1.807) is 16.9 Å². The van der Waals surface area contributed by atoms with Crippen molar-refractivity contribution < 1.29 is 0 Å². The van der Waals surface area contributed by atoms with Crippen LogP contribution in [0.15, 0.2) is 36.5 Å². The molecule has 1 aliphatic carbocycles. The van der Waals surface area contributed by atoms with Gasteiger partial charge in [-0.2, -0.15) is 5.10 Å². The van der Waals surface area contributed by atoms with Crippen LogP contribution in [0.2, 0.25) is 5.15 Å². The first kappa shape index (κ1) is 11.8. The van der Waals surface area contributed by atoms with Crippen molar-refractivity contribution in [2.45, 2.75) is 31.2 Å². The molecule has 0 saturated heterocycles. The molecule has 0 amide bonds. The van der Waals surface area contributed by atoms with Crippen molar-refractivity contribution in [3.63, 3.8) is 0 Å². The molecule has 1 atom stereocenters. The van der Waals surface area contributed by atoms with Crippen molar-refractivity contribution >= 4 is 11.6 Å². The lowest BCUT2D eigenvalue weighted by molar-refractivity contribution is 0.556. The van der Waals surface area contributed by atoms with Crippen LogP contribution in [-0.2, 0) is 5.41 Å². The Morgan fingerprint density at radius 2 is 1.94 bits per heavy atom. The zero-order valence-corrected chi connectivity index (χ0v) is 11.1. The van der Waals surface area contributed by atoms with Gasteiger partial charge in [0.05, 0.1) is 11.9 Å². The predicted octanol–water partition coefficient (Wildman–Crippen LogP) is 2.90. The Morgan fingerprint density at radius 1 is 1.28 bits per heavy atom. The van der Waals surface area contributed by atoms with Crippen LogP contribution in [0.3, 0.4) is 0 Å². The SMILES string of the molecule is CC(N)C1(c2ccc(-n3nccc3Cl)cc2)CC1. The predicted molar refractivity (Wildman–Crippen MR) is 73.1 cm³/mol. The molecule has 0 radical (unpaired) electrons. The van der Waals surface area contributed by atoms with Crippen molar-refractivity contribution in [2.24, 2.45) is 5.73 Å². The van der Waals surface area contributed by atoms with E-state index in [0.717, 1.165) is 5.69 Å². The third kappa shape index (κ3) is 1.74. The largest absolute Gasteiger partial charge is 0.327 e. The lowest BCUT2D eigenvalue weighted by Gasteiger charge is -2.20. The van der Waals surface area contributed by atoms with Gasteiger partial charge in [0, 0.05) is 11.5 Å². The summed E-state index contributed by atoms with van der Waals surface area (Å²) >= 11 is 6.05. The summed E-state index contributed by atoms with van der Waals surface area (Å²) in [6.45, 7) is 2.09. The number of hydrogen-bond acceptors (Lipinski definition) is 2. The smallest absolute Gasteiger partial charge is 0.132 e. The average molecular weight is 262 g/mol. The summed E-state index contributed by atoms with van der Waals surface area (Å²) in [7, 11) is 0. The molecule has 2 N–H and O–H groups in total. The molecule has 1 heterocycles. The van der Waals surface area contributed by atoms with Crippen LogP contribution < -0.4 is 5.73 Å². The third-order valence-electron chi connectivity index (χ3n) is 3.94. The van der Waals surface area contributed by atoms with Gasteiger partial charge in [0.1, 0.15) is 5.15 Å². The van der Waals surface area contributed by atoms with Gasteiger partial charge in [0.2, 0.25) is 0 Å². The molecule has 3 rings (SSSR count). The fourth-order valence-corrected chi connectivity index (χ4v) is 2.75. The second kappa shape index (κ2) is 4.11. The molecular weight excluding hydrogens is 246 g/mol. The van der Waals surface area contributed by atoms with E-state index in [9.17, 15) is 0 Å². The lowest BCUT2D eigenvalue weighted by atomic mass is 9.89. The Labute approximate surface area is 112 Å². The van der Waals surface area contributed by atoms with E-state index in [4.69, 9.17) is 17.3 Å². The number of hydrogen-bond donors (Lipinski definition) is 1. The van der Waals surface area contributed by atoms with Crippen molar-refractivity contribution in [1.29, 1.82) is 0 Å². The fourth-order valence-electron chi connectivity index (χ4n) is 2.55. The van der Waals surface area contributed by atoms with Crippen LogP contribution >= 0.6 is 11.6 Å². The Kier molecular flexibility index (Phi) is 2.68. The topological polar surface area (TPSA) is 43.8 Å². The zero-order chi connectivity index (χ0) is 12.8. The summed E-state index contributed by atoms with van der Waals surface area (Å²) in [5.41, 5.74) is 8.59. The van der Waals surface area contributed by atoms with E-state index in [2.05, 4.69) is 36.3 Å². The Bertz CT molecular complexity index is 553. The fraction of sp³-hybridized carbons (Fsp3) is 0.357. The number of nitrogens with two attached hydrogens (primary N) is 1. The molecule has 18 heavy (non-hydrogen) atoms. The van der Waals surface area contributed by atoms with Crippen LogP contribution in [0.4, 0.5) is 0 Å². The van der Waals surface area contributed by atoms with Gasteiger partial charge >= 0.3 is 0 Å². The molecule has 1 aliphatic rings. The van der Waals surface area contributed by atoms with Crippen molar-refractivity contribution in [2.75, 3.05) is 0 Å². The summed E-state index contributed by atoms with van der Waals surface area (Å²) in [6, 6.07) is 10.4. The second-order valence-electron chi connectivity index (χ2n) is 5.06. The highest BCUT2D eigenvalue weighted by Gasteiger charge is 2.47. The van der Waals surface area contributed by atoms with E-state index in [1.165, 1.54) is 18.4 Å². The maximum atomic E-state index is 6.08. The van der Waals surface area contributed by atoms with Crippen LogP contribution in [0.5, 0.6) is 0 Å². The van der Waals surface area contributed by atoms with Gasteiger partial charge in [-0.3, -0.25) is 0 Å². The Hall–Kier alpha value is -1.32. The van der Waals surface area contributed by atoms with E-state index >= 15 is 0 Å². The Balaban J connectivity index is 1.93. The molecule has 1 aromatic carbocycles. The summed E-state index contributed by atoms with van der Waals surface area (Å²) in [6.07, 6.45) is 4.07. The minimum absolute atomic E-state index is 0.201. The van der Waals surface area contributed by atoms with Gasteiger partial charge in [0.15, 0.2) is 0 Å². The lowest BCUT2D eigenvalue weighted by Crippen LogP contribution is -2.31. The average Bonchev–Trinajstić information content (AvgIpc) is 3.08. The number of nitrogens with zero attached hydrogens (tertiary/aromatic N) is 2. The minimum Gasteiger partial charge on any atom is -0.327 e. The van der Waals surface area contributed by atoms with Gasteiger partial charge in [-0.1, -0.05) is 23.7 Å². The van der Waals surface area contributed by atoms with Gasteiger partial charge in [-0.15, -0.1) is 0 Å². The maximum absolute atomic E-state index is 6.08. The van der Waals surface area contributed by atoms with Crippen LogP contribution in [-0.4, -0.2) is 15.8 Å². The van der Waals surface area contributed by atoms with E-state index in [0.29, 0.717) is 5.15 Å². The first-order valence-corrected chi connectivity index (χ1v) is 6.57. The highest BCUT2D eigenvalue weighted by molar-refractivity contribution is 6.29. The number of halogens is 1. The molecule has 2 aromatic rings. The highest BCUT2D eigenvalue weighted by atomic mass is 35.5. The molecule has 0 spiro atoms. The monoisotopic (exact) mass is 261 g/mol. The molecule has 1 unspecified atom stereocenters. The summed E-state index contributed by atoms with van der Waals surface area (Å²) in [5, 5.41) is 4.81. The zero-order valence-electron chi connectivity index (χ0n) is 10.3. The minimum atomic E-state index is 0.201. The number of rotatable bonds is 3. The molecule has 0 aliphatic heterocycles. The molecule has 1 aromatic heterocycles.